The van der Waals surface area contributed by atoms with Crippen molar-refractivity contribution < 1.29 is 23.4 Å². The molecule has 0 fully saturated rings. The molecule has 0 saturated carbocycles. The van der Waals surface area contributed by atoms with Crippen LogP contribution in [-0.2, 0) is 9.47 Å². The number of carbonyl (C=O) groups excluding carboxylic acids is 1. The van der Waals surface area contributed by atoms with Crippen LogP contribution in [0.2, 0.25) is 0 Å². The highest BCUT2D eigenvalue weighted by Crippen LogP contribution is 2.20. The molecule has 0 radical (unpaired) electrons. The molecule has 0 amide bonds. The summed E-state index contributed by atoms with van der Waals surface area (Å²) >= 11 is 0. The van der Waals surface area contributed by atoms with Crippen LogP contribution in [0.3, 0.4) is 0 Å². The second kappa shape index (κ2) is 7.50. The van der Waals surface area contributed by atoms with Gasteiger partial charge >= 0.3 is 5.97 Å². The number of hydrogen-bond acceptors (Lipinski definition) is 5. The summed E-state index contributed by atoms with van der Waals surface area (Å²) in [5.74, 6) is 1.05. The van der Waals surface area contributed by atoms with Crippen LogP contribution in [-0.4, -0.2) is 26.3 Å². The third-order valence-corrected chi connectivity index (χ3v) is 2.88. The van der Waals surface area contributed by atoms with Crippen LogP contribution < -0.4 is 4.74 Å². The Kier molecular flexibility index (Phi) is 5.40. The van der Waals surface area contributed by atoms with E-state index < -0.39 is 5.97 Å². The molecule has 0 aliphatic carbocycles. The van der Waals surface area contributed by atoms with Crippen molar-refractivity contribution in [2.24, 2.45) is 0 Å². The minimum Gasteiger partial charge on any atom is -0.491 e. The molecule has 2 aromatic rings. The largest absolute Gasteiger partial charge is 0.491 e. The number of rotatable bonds is 7. The highest BCUT2D eigenvalue weighted by atomic mass is 16.5. The van der Waals surface area contributed by atoms with Gasteiger partial charge in [0.1, 0.15) is 24.2 Å². The Morgan fingerprint density at radius 1 is 1.14 bits per heavy atom. The normalized spacial score (nSPS) is 11.9. The molecule has 0 N–H and O–H groups in total. The average molecular weight is 290 g/mol. The molecule has 2 rings (SSSR count). The first-order chi connectivity index (χ1) is 10.2. The maximum atomic E-state index is 11.3. The third kappa shape index (κ3) is 4.36. The van der Waals surface area contributed by atoms with Gasteiger partial charge in [0.25, 0.3) is 0 Å². The minimum atomic E-state index is -0.499. The van der Waals surface area contributed by atoms with E-state index in [1.807, 2.05) is 37.3 Å². The highest BCUT2D eigenvalue weighted by Gasteiger charge is 2.15. The molecule has 0 bridgehead atoms. The number of esters is 1. The predicted octanol–water partition coefficient (Wildman–Crippen LogP) is 3.22. The summed E-state index contributed by atoms with van der Waals surface area (Å²) in [6.45, 7) is 2.71. The van der Waals surface area contributed by atoms with Crippen molar-refractivity contribution in [1.82, 2.24) is 0 Å². The molecule has 0 saturated heterocycles. The number of methoxy groups -OCH3 is 1. The summed E-state index contributed by atoms with van der Waals surface area (Å²) in [5, 5.41) is 0. The highest BCUT2D eigenvalue weighted by molar-refractivity contribution is 5.86. The molecule has 5 heteroatoms. The summed E-state index contributed by atoms with van der Waals surface area (Å²) in [5.41, 5.74) is 0. The zero-order valence-corrected chi connectivity index (χ0v) is 12.1. The fraction of sp³-hybridized carbons (Fsp3) is 0.312. The van der Waals surface area contributed by atoms with Gasteiger partial charge in [0, 0.05) is 0 Å². The Bertz CT molecular complexity index is 561. The Morgan fingerprint density at radius 3 is 2.62 bits per heavy atom. The smallest absolute Gasteiger partial charge is 0.373 e. The molecule has 1 unspecified atom stereocenters. The van der Waals surface area contributed by atoms with Crippen LogP contribution >= 0.6 is 0 Å². The third-order valence-electron chi connectivity index (χ3n) is 2.88. The van der Waals surface area contributed by atoms with Gasteiger partial charge in [-0.3, -0.25) is 0 Å². The molecule has 1 aromatic carbocycles. The number of benzene rings is 1. The molecular weight excluding hydrogens is 272 g/mol. The number of para-hydroxylation sites is 1. The first-order valence-corrected chi connectivity index (χ1v) is 6.68. The van der Waals surface area contributed by atoms with Crippen LogP contribution in [0.15, 0.2) is 46.9 Å². The van der Waals surface area contributed by atoms with Gasteiger partial charge < -0.3 is 18.6 Å². The van der Waals surface area contributed by atoms with Crippen LogP contribution in [0.4, 0.5) is 0 Å². The van der Waals surface area contributed by atoms with Crippen molar-refractivity contribution in [3.05, 3.63) is 54.0 Å². The standard InChI is InChI=1S/C16H18O5/c1-12(14-8-9-15(21-14)16(17)18-2)19-10-11-20-13-6-4-3-5-7-13/h3-9,12H,10-11H2,1-2H3. The second-order valence-electron chi connectivity index (χ2n) is 4.37. The molecule has 112 valence electrons. The van der Waals surface area contributed by atoms with Gasteiger partial charge in [0.2, 0.25) is 5.76 Å². The zero-order chi connectivity index (χ0) is 15.1. The van der Waals surface area contributed by atoms with Gasteiger partial charge in [-0.05, 0) is 31.2 Å². The maximum Gasteiger partial charge on any atom is 0.373 e. The van der Waals surface area contributed by atoms with Gasteiger partial charge in [-0.25, -0.2) is 4.79 Å². The van der Waals surface area contributed by atoms with Crippen LogP contribution in [0.5, 0.6) is 5.75 Å². The minimum absolute atomic E-state index is 0.170. The lowest BCUT2D eigenvalue weighted by molar-refractivity contribution is 0.0295. The molecule has 0 spiro atoms. The van der Waals surface area contributed by atoms with Crippen molar-refractivity contribution in [2.75, 3.05) is 20.3 Å². The Hall–Kier alpha value is -2.27. The van der Waals surface area contributed by atoms with Gasteiger partial charge in [-0.15, -0.1) is 0 Å². The van der Waals surface area contributed by atoms with Crippen LogP contribution in [0.25, 0.3) is 0 Å². The quantitative estimate of drug-likeness (QED) is 0.579. The van der Waals surface area contributed by atoms with E-state index in [1.165, 1.54) is 7.11 Å². The van der Waals surface area contributed by atoms with Crippen molar-refractivity contribution in [1.29, 1.82) is 0 Å². The van der Waals surface area contributed by atoms with Crippen molar-refractivity contribution >= 4 is 5.97 Å². The van der Waals surface area contributed by atoms with Crippen molar-refractivity contribution in [2.45, 2.75) is 13.0 Å². The first kappa shape index (κ1) is 15.1. The summed E-state index contributed by atoms with van der Waals surface area (Å²) < 4.78 is 21.1. The monoisotopic (exact) mass is 290 g/mol. The average Bonchev–Trinajstić information content (AvgIpc) is 3.01. The molecule has 1 aromatic heterocycles. The van der Waals surface area contributed by atoms with Crippen molar-refractivity contribution in [3.63, 3.8) is 0 Å². The Balaban J connectivity index is 1.75. The summed E-state index contributed by atoms with van der Waals surface area (Å²) in [6.07, 6.45) is -0.261. The van der Waals surface area contributed by atoms with Gasteiger partial charge in [0.05, 0.1) is 13.7 Å². The lowest BCUT2D eigenvalue weighted by atomic mass is 10.3. The fourth-order valence-corrected chi connectivity index (χ4v) is 1.76. The van der Waals surface area contributed by atoms with Gasteiger partial charge in [0.15, 0.2) is 0 Å². The van der Waals surface area contributed by atoms with E-state index in [1.54, 1.807) is 12.1 Å². The zero-order valence-electron chi connectivity index (χ0n) is 12.1. The lowest BCUT2D eigenvalue weighted by Gasteiger charge is -2.11. The predicted molar refractivity (Wildman–Crippen MR) is 76.4 cm³/mol. The first-order valence-electron chi connectivity index (χ1n) is 6.68. The molecule has 5 nitrogen and oxygen atoms in total. The summed E-state index contributed by atoms with van der Waals surface area (Å²) in [4.78, 5) is 11.3. The molecule has 0 aliphatic heterocycles. The van der Waals surface area contributed by atoms with E-state index >= 15 is 0 Å². The Labute approximate surface area is 123 Å². The second-order valence-corrected chi connectivity index (χ2v) is 4.37. The number of furan rings is 1. The summed E-state index contributed by atoms with van der Waals surface area (Å²) in [6, 6.07) is 12.8. The Morgan fingerprint density at radius 2 is 1.90 bits per heavy atom. The summed E-state index contributed by atoms with van der Waals surface area (Å²) in [7, 11) is 1.31. The molecule has 21 heavy (non-hydrogen) atoms. The van der Waals surface area contributed by atoms with Gasteiger partial charge in [-0.1, -0.05) is 18.2 Å². The molecule has 0 aliphatic rings. The SMILES string of the molecule is COC(=O)c1ccc(C(C)OCCOc2ccccc2)o1. The fourth-order valence-electron chi connectivity index (χ4n) is 1.76. The lowest BCUT2D eigenvalue weighted by Crippen LogP contribution is -2.09. The molecule has 1 heterocycles. The van der Waals surface area contributed by atoms with E-state index in [0.29, 0.717) is 19.0 Å². The topological polar surface area (TPSA) is 57.9 Å². The van der Waals surface area contributed by atoms with Crippen molar-refractivity contribution in [3.8, 4) is 5.75 Å². The number of ether oxygens (including phenoxy) is 3. The molecular formula is C16H18O5. The van der Waals surface area contributed by atoms with Gasteiger partial charge in [-0.2, -0.15) is 0 Å². The van der Waals surface area contributed by atoms with E-state index in [2.05, 4.69) is 4.74 Å². The van der Waals surface area contributed by atoms with Crippen LogP contribution in [0, 0.1) is 0 Å². The van der Waals surface area contributed by atoms with E-state index in [-0.39, 0.29) is 11.9 Å². The van der Waals surface area contributed by atoms with E-state index in [9.17, 15) is 4.79 Å². The van der Waals surface area contributed by atoms with Crippen LogP contribution in [0.1, 0.15) is 29.3 Å². The maximum absolute atomic E-state index is 11.3. The van der Waals surface area contributed by atoms with E-state index in [0.717, 1.165) is 5.75 Å². The number of hydrogen-bond donors (Lipinski definition) is 0. The number of carbonyl (C=O) groups is 1. The molecule has 1 atom stereocenters. The van der Waals surface area contributed by atoms with E-state index in [4.69, 9.17) is 13.9 Å².